The molecule has 0 aliphatic carbocycles. The molecular formula is C15H16O3. The fraction of sp³-hybridized carbons (Fsp3) is 0.267. The molecule has 0 atom stereocenters. The van der Waals surface area contributed by atoms with E-state index in [0.717, 1.165) is 22.1 Å². The molecule has 0 aromatic heterocycles. The van der Waals surface area contributed by atoms with Gasteiger partial charge in [0.1, 0.15) is 5.75 Å². The number of carbonyl (C=O) groups excluding carboxylic acids is 1. The molecule has 0 bridgehead atoms. The highest BCUT2D eigenvalue weighted by molar-refractivity contribution is 5.92. The Balaban J connectivity index is 2.45. The van der Waals surface area contributed by atoms with E-state index in [0.29, 0.717) is 0 Å². The number of ether oxygens (including phenoxy) is 2. The van der Waals surface area contributed by atoms with Crippen molar-refractivity contribution in [1.29, 1.82) is 0 Å². The summed E-state index contributed by atoms with van der Waals surface area (Å²) in [7, 11) is 1.35. The monoisotopic (exact) mass is 244 g/mol. The van der Waals surface area contributed by atoms with E-state index in [2.05, 4.69) is 23.8 Å². The Morgan fingerprint density at radius 3 is 2.56 bits per heavy atom. The number of hydrogen-bond acceptors (Lipinski definition) is 3. The van der Waals surface area contributed by atoms with Gasteiger partial charge in [0, 0.05) is 5.39 Å². The van der Waals surface area contributed by atoms with E-state index in [1.807, 2.05) is 25.1 Å². The van der Waals surface area contributed by atoms with Crippen LogP contribution in [0.15, 0.2) is 30.3 Å². The van der Waals surface area contributed by atoms with Gasteiger partial charge in [0.05, 0.1) is 7.11 Å². The maximum atomic E-state index is 11.2. The Kier molecular flexibility index (Phi) is 3.51. The molecule has 0 amide bonds. The highest BCUT2D eigenvalue weighted by atomic mass is 16.6. The van der Waals surface area contributed by atoms with Crippen molar-refractivity contribution in [3.05, 3.63) is 41.5 Å². The number of benzene rings is 2. The number of rotatable bonds is 3. The summed E-state index contributed by atoms with van der Waals surface area (Å²) in [6.07, 6.45) is 0. The molecule has 0 heterocycles. The summed E-state index contributed by atoms with van der Waals surface area (Å²) in [5.41, 5.74) is 2.20. The van der Waals surface area contributed by atoms with Crippen LogP contribution in [0.5, 0.6) is 5.75 Å². The highest BCUT2D eigenvalue weighted by Gasteiger charge is 2.09. The molecular weight excluding hydrogens is 228 g/mol. The van der Waals surface area contributed by atoms with E-state index in [1.54, 1.807) is 0 Å². The number of fused-ring (bicyclic) bond motifs is 1. The molecule has 2 aromatic rings. The minimum atomic E-state index is -0.376. The van der Waals surface area contributed by atoms with Gasteiger partial charge in [-0.05, 0) is 30.4 Å². The van der Waals surface area contributed by atoms with Crippen LogP contribution in [-0.2, 0) is 9.53 Å². The van der Waals surface area contributed by atoms with Crippen molar-refractivity contribution in [1.82, 2.24) is 0 Å². The Labute approximate surface area is 106 Å². The number of hydrogen-bond donors (Lipinski definition) is 0. The number of methoxy groups -OCH3 is 1. The molecule has 0 aliphatic heterocycles. The topological polar surface area (TPSA) is 35.5 Å². The van der Waals surface area contributed by atoms with Crippen molar-refractivity contribution in [3.8, 4) is 5.75 Å². The van der Waals surface area contributed by atoms with Crippen LogP contribution in [0.3, 0.4) is 0 Å². The third-order valence-electron chi connectivity index (χ3n) is 2.99. The van der Waals surface area contributed by atoms with Gasteiger partial charge in [-0.3, -0.25) is 0 Å². The largest absolute Gasteiger partial charge is 0.481 e. The number of aryl methyl sites for hydroxylation is 2. The lowest BCUT2D eigenvalue weighted by Crippen LogP contribution is -2.13. The lowest BCUT2D eigenvalue weighted by molar-refractivity contribution is -0.142. The lowest BCUT2D eigenvalue weighted by Gasteiger charge is -2.12. The van der Waals surface area contributed by atoms with Crippen LogP contribution in [0.1, 0.15) is 11.1 Å². The highest BCUT2D eigenvalue weighted by Crippen LogP contribution is 2.31. The Bertz CT molecular complexity index is 588. The van der Waals surface area contributed by atoms with E-state index in [-0.39, 0.29) is 12.6 Å². The van der Waals surface area contributed by atoms with Crippen molar-refractivity contribution in [3.63, 3.8) is 0 Å². The van der Waals surface area contributed by atoms with E-state index in [1.165, 1.54) is 12.7 Å². The second kappa shape index (κ2) is 5.08. The number of carbonyl (C=O) groups is 1. The minimum Gasteiger partial charge on any atom is -0.481 e. The maximum absolute atomic E-state index is 11.2. The van der Waals surface area contributed by atoms with Gasteiger partial charge in [-0.2, -0.15) is 0 Å². The van der Waals surface area contributed by atoms with Gasteiger partial charge in [0.15, 0.2) is 6.61 Å². The summed E-state index contributed by atoms with van der Waals surface area (Å²) >= 11 is 0. The van der Waals surface area contributed by atoms with Crippen molar-refractivity contribution in [2.45, 2.75) is 13.8 Å². The van der Waals surface area contributed by atoms with Crippen molar-refractivity contribution >= 4 is 16.7 Å². The second-order valence-corrected chi connectivity index (χ2v) is 4.25. The average molecular weight is 244 g/mol. The van der Waals surface area contributed by atoms with Gasteiger partial charge in [0.25, 0.3) is 0 Å². The Morgan fingerprint density at radius 2 is 1.83 bits per heavy atom. The lowest BCUT2D eigenvalue weighted by atomic mass is 10.0. The van der Waals surface area contributed by atoms with Crippen LogP contribution in [0.25, 0.3) is 10.8 Å². The molecule has 0 unspecified atom stereocenters. The van der Waals surface area contributed by atoms with E-state index in [4.69, 9.17) is 4.74 Å². The molecule has 3 nitrogen and oxygen atoms in total. The zero-order valence-corrected chi connectivity index (χ0v) is 10.8. The van der Waals surface area contributed by atoms with Crippen LogP contribution < -0.4 is 4.74 Å². The predicted molar refractivity (Wildman–Crippen MR) is 70.9 cm³/mol. The fourth-order valence-corrected chi connectivity index (χ4v) is 1.98. The van der Waals surface area contributed by atoms with Gasteiger partial charge in [-0.1, -0.05) is 30.3 Å². The molecule has 94 valence electrons. The third kappa shape index (κ3) is 2.30. The first-order valence-electron chi connectivity index (χ1n) is 5.82. The van der Waals surface area contributed by atoms with Crippen LogP contribution in [0.2, 0.25) is 0 Å². The Morgan fingerprint density at radius 1 is 1.06 bits per heavy atom. The van der Waals surface area contributed by atoms with Crippen LogP contribution in [0.4, 0.5) is 0 Å². The molecule has 0 radical (unpaired) electrons. The molecule has 0 saturated carbocycles. The van der Waals surface area contributed by atoms with Gasteiger partial charge in [0.2, 0.25) is 0 Å². The van der Waals surface area contributed by atoms with E-state index >= 15 is 0 Å². The van der Waals surface area contributed by atoms with Crippen molar-refractivity contribution in [2.24, 2.45) is 0 Å². The summed E-state index contributed by atoms with van der Waals surface area (Å²) in [5.74, 6) is 0.376. The summed E-state index contributed by atoms with van der Waals surface area (Å²) < 4.78 is 10.2. The first-order valence-corrected chi connectivity index (χ1v) is 5.82. The van der Waals surface area contributed by atoms with Gasteiger partial charge >= 0.3 is 5.97 Å². The van der Waals surface area contributed by atoms with Gasteiger partial charge < -0.3 is 9.47 Å². The first kappa shape index (κ1) is 12.4. The van der Waals surface area contributed by atoms with E-state index < -0.39 is 0 Å². The van der Waals surface area contributed by atoms with Gasteiger partial charge in [-0.25, -0.2) is 4.79 Å². The molecule has 0 N–H and O–H groups in total. The average Bonchev–Trinajstić information content (AvgIpc) is 2.37. The first-order chi connectivity index (χ1) is 8.63. The van der Waals surface area contributed by atoms with Crippen molar-refractivity contribution in [2.75, 3.05) is 13.7 Å². The zero-order valence-electron chi connectivity index (χ0n) is 10.8. The predicted octanol–water partition coefficient (Wildman–Crippen LogP) is 3.01. The SMILES string of the molecule is COC(=O)COc1c(C)ccc2c(C)cccc12. The van der Waals surface area contributed by atoms with Crippen LogP contribution >= 0.6 is 0 Å². The fourth-order valence-electron chi connectivity index (χ4n) is 1.98. The standard InChI is InChI=1S/C15H16O3/c1-10-5-4-6-13-12(10)8-7-11(2)15(13)18-9-14(16)17-3/h4-8H,9H2,1-3H3. The third-order valence-corrected chi connectivity index (χ3v) is 2.99. The molecule has 18 heavy (non-hydrogen) atoms. The summed E-state index contributed by atoms with van der Waals surface area (Å²) in [4.78, 5) is 11.2. The van der Waals surface area contributed by atoms with Crippen molar-refractivity contribution < 1.29 is 14.3 Å². The summed E-state index contributed by atoms with van der Waals surface area (Å²) in [6, 6.07) is 10.1. The summed E-state index contributed by atoms with van der Waals surface area (Å²) in [6.45, 7) is 3.96. The maximum Gasteiger partial charge on any atom is 0.343 e. The van der Waals surface area contributed by atoms with Crippen LogP contribution in [-0.4, -0.2) is 19.7 Å². The zero-order chi connectivity index (χ0) is 13.1. The van der Waals surface area contributed by atoms with Crippen LogP contribution in [0, 0.1) is 13.8 Å². The Hall–Kier alpha value is -2.03. The normalized spacial score (nSPS) is 10.4. The van der Waals surface area contributed by atoms with E-state index in [9.17, 15) is 4.79 Å². The molecule has 2 aromatic carbocycles. The second-order valence-electron chi connectivity index (χ2n) is 4.25. The quantitative estimate of drug-likeness (QED) is 0.778. The minimum absolute atomic E-state index is 0.0651. The molecule has 3 heteroatoms. The molecule has 0 fully saturated rings. The molecule has 0 saturated heterocycles. The number of esters is 1. The summed E-state index contributed by atoms with van der Waals surface area (Å²) in [5, 5.41) is 2.17. The smallest absolute Gasteiger partial charge is 0.343 e. The molecule has 0 aliphatic rings. The molecule has 0 spiro atoms. The van der Waals surface area contributed by atoms with Gasteiger partial charge in [-0.15, -0.1) is 0 Å². The molecule has 2 rings (SSSR count).